The fourth-order valence-electron chi connectivity index (χ4n) is 29.4. The first-order valence-electron chi connectivity index (χ1n) is 48.0. The quantitative estimate of drug-likeness (QED) is 0.0163. The summed E-state index contributed by atoms with van der Waals surface area (Å²) in [6.07, 6.45) is 41.8. The number of nitro benzene ring substituents is 6. The van der Waals surface area contributed by atoms with Crippen molar-refractivity contribution in [2.24, 2.45) is 160 Å². The highest BCUT2D eigenvalue weighted by atomic mass is 16.6. The zero-order valence-corrected chi connectivity index (χ0v) is 77.5. The molecule has 27 nitrogen and oxygen atoms in total. The van der Waals surface area contributed by atoms with E-state index in [0.717, 1.165) is 99.5 Å². The molecule has 3 aromatic carbocycles. The van der Waals surface area contributed by atoms with Crippen LogP contribution < -0.4 is 16.3 Å². The van der Waals surface area contributed by atoms with Gasteiger partial charge in [-0.15, -0.1) is 0 Å². The molecular formula is C99H144N12O15. The predicted octanol–water partition coefficient (Wildman–Crippen LogP) is 24.7. The zero-order valence-electron chi connectivity index (χ0n) is 77.5. The van der Waals surface area contributed by atoms with E-state index < -0.39 is 40.8 Å². The van der Waals surface area contributed by atoms with Crippen LogP contribution >= 0.6 is 0 Å². The van der Waals surface area contributed by atoms with Crippen LogP contribution in [0.4, 0.5) is 51.2 Å². The molecule has 9 saturated carbocycles. The van der Waals surface area contributed by atoms with Crippen molar-refractivity contribution in [3.63, 3.8) is 0 Å². The smallest absolute Gasteiger partial charge is 0.301 e. The van der Waals surface area contributed by atoms with Gasteiger partial charge in [0.15, 0.2) is 0 Å². The fraction of sp³-hybridized carbons (Fsp3) is 0.727. The molecule has 0 heterocycles. The second-order valence-electron chi connectivity index (χ2n) is 43.9. The highest BCUT2D eigenvalue weighted by Gasteiger charge is 2.71. The van der Waals surface area contributed by atoms with Gasteiger partial charge in [0, 0.05) is 41.7 Å². The number of allylic oxidation sites excluding steroid dienone is 3. The standard InChI is InChI=1S/3C33H48N4O5/c1-21(2)9-8-10-22(3)24-12-13-25-30-26(15-18-31(24,25)4)32(5)16-6-7-17-33(32,38)27(30)20-34-35-28-14-11-23(36(39)40)19-29(28)37(41)42;1-20(2)7-6-8-21(3)25-10-11-26-31-27(14-16-33(25,26)5)32(4)15-13-24(38)17-22(32)18-29(31)35-34-28-12-9-23(36(39)40)19-30(28)37(41)42;1-20(2)7-6-8-21(3)25-10-11-26-31-24(19-34-35-29-12-9-22(36(39)40)17-30(29)37(41)42)28-18-23(38)13-15-33(28,5)27(31)14-16-32(25,26)4/h7,11,14,17,19-22,24-27,30,35,38H,6,8-10,12-13,15-16,18H2,1-5H3;9,12,18-21,24-27,31,34,38H,6-8,10-11,13-17H2,1-5H3;9,12,17,19-21,23,25-27,31,35,38H,6-8,10-11,13-16,18H2,1-5H3/b34-20+;35-29+;34-19+/t22-,24-,25?,26?,27-,30?,31-,32-,33-;21-,24+,25-,26?,27?,31?,32+,33-;21-,23+,25-,26?,27?,31?,32-,33-/m111/s1. The van der Waals surface area contributed by atoms with Crippen LogP contribution in [-0.2, 0) is 0 Å². The van der Waals surface area contributed by atoms with E-state index >= 15 is 0 Å². The average Bonchev–Trinajstić information content (AvgIpc) is 1.43. The van der Waals surface area contributed by atoms with Gasteiger partial charge in [-0.05, 0) is 286 Å². The Kier molecular flexibility index (Phi) is 28.7. The number of hydrogen-bond donors (Lipinski definition) is 6. The summed E-state index contributed by atoms with van der Waals surface area (Å²) >= 11 is 0. The molecule has 12 aliphatic carbocycles. The third-order valence-electron chi connectivity index (χ3n) is 35.9. The van der Waals surface area contributed by atoms with Crippen LogP contribution in [0.15, 0.2) is 105 Å². The highest BCUT2D eigenvalue weighted by Crippen LogP contribution is 2.74. The number of nitrogens with zero attached hydrogens (tertiary/aromatic N) is 9. The number of aliphatic hydroxyl groups is 3. The van der Waals surface area contributed by atoms with Crippen LogP contribution in [0.3, 0.4) is 0 Å². The van der Waals surface area contributed by atoms with Gasteiger partial charge in [-0.25, -0.2) is 0 Å². The Bertz CT molecular complexity index is 4730. The minimum absolute atomic E-state index is 0.0184. The first kappa shape index (κ1) is 95.2. The third-order valence-corrected chi connectivity index (χ3v) is 35.9. The van der Waals surface area contributed by atoms with Crippen molar-refractivity contribution >= 4 is 69.3 Å². The topological polar surface area (TPSA) is 393 Å². The Hall–Kier alpha value is -8.43. The second kappa shape index (κ2) is 37.9. The summed E-state index contributed by atoms with van der Waals surface area (Å²) in [6.45, 7) is 35.8. The summed E-state index contributed by atoms with van der Waals surface area (Å²) in [7, 11) is 0. The van der Waals surface area contributed by atoms with Crippen molar-refractivity contribution in [1.29, 1.82) is 0 Å². The van der Waals surface area contributed by atoms with E-state index in [4.69, 9.17) is 5.10 Å². The molecule has 25 atom stereocenters. The largest absolute Gasteiger partial charge is 0.393 e. The maximum atomic E-state index is 12.5. The second-order valence-corrected chi connectivity index (χ2v) is 43.9. The maximum Gasteiger partial charge on any atom is 0.301 e. The lowest BCUT2D eigenvalue weighted by Crippen LogP contribution is -2.54. The molecule has 0 radical (unpaired) electrons. The Balaban J connectivity index is 0.000000162. The number of nitro groups is 6. The van der Waals surface area contributed by atoms with E-state index in [9.17, 15) is 76.0 Å². The Morgan fingerprint density at radius 3 is 1.33 bits per heavy atom. The Labute approximate surface area is 745 Å². The van der Waals surface area contributed by atoms with E-state index in [1.807, 2.05) is 12.3 Å². The molecule has 12 aliphatic rings. The van der Waals surface area contributed by atoms with Crippen molar-refractivity contribution in [3.05, 3.63) is 150 Å². The number of rotatable bonds is 29. The molecule has 0 amide bonds. The van der Waals surface area contributed by atoms with E-state index in [0.29, 0.717) is 89.8 Å². The van der Waals surface area contributed by atoms with Crippen molar-refractivity contribution in [1.82, 2.24) is 0 Å². The number of anilines is 3. The fourth-order valence-corrected chi connectivity index (χ4v) is 29.4. The number of benzene rings is 3. The van der Waals surface area contributed by atoms with Gasteiger partial charge in [0.1, 0.15) is 17.1 Å². The van der Waals surface area contributed by atoms with Crippen LogP contribution in [0.1, 0.15) is 290 Å². The lowest BCUT2D eigenvalue weighted by atomic mass is 9.46. The zero-order chi connectivity index (χ0) is 91.2. The predicted molar refractivity (Wildman–Crippen MR) is 496 cm³/mol. The summed E-state index contributed by atoms with van der Waals surface area (Å²) in [5.74, 6) is 9.76. The van der Waals surface area contributed by atoms with Gasteiger partial charge in [-0.2, -0.15) is 15.3 Å². The first-order valence-corrected chi connectivity index (χ1v) is 48.0. The summed E-state index contributed by atoms with van der Waals surface area (Å²) < 4.78 is 0. The number of fused-ring (bicyclic) bond motifs is 15. The molecule has 0 bridgehead atoms. The highest BCUT2D eigenvalue weighted by molar-refractivity contribution is 6.00. The van der Waals surface area contributed by atoms with Crippen LogP contribution in [-0.4, -0.2) is 80.8 Å². The Morgan fingerprint density at radius 2 is 0.865 bits per heavy atom. The van der Waals surface area contributed by atoms with Crippen LogP contribution in [0, 0.1) is 206 Å². The van der Waals surface area contributed by atoms with Gasteiger partial charge in [-0.3, -0.25) is 77.0 Å². The average molecular weight is 1740 g/mol. The molecule has 9 unspecified atom stereocenters. The molecule has 6 N–H and O–H groups in total. The molecule has 15 rings (SSSR count). The molecule has 690 valence electrons. The molecule has 9 fully saturated rings. The summed E-state index contributed by atoms with van der Waals surface area (Å²) in [5, 5.41) is 116. The molecule has 126 heavy (non-hydrogen) atoms. The van der Waals surface area contributed by atoms with Gasteiger partial charge in [0.2, 0.25) is 0 Å². The maximum absolute atomic E-state index is 12.5. The molecule has 0 aliphatic heterocycles. The number of non-ortho nitro benzene ring substituents is 3. The molecular weight excluding hydrogens is 1600 g/mol. The molecule has 0 saturated heterocycles. The molecule has 3 aromatic rings. The van der Waals surface area contributed by atoms with E-state index in [2.05, 4.69) is 142 Å². The van der Waals surface area contributed by atoms with E-state index in [-0.39, 0.29) is 108 Å². The third kappa shape index (κ3) is 18.2. The molecule has 0 spiro atoms. The Morgan fingerprint density at radius 1 is 0.452 bits per heavy atom. The number of hydrazone groups is 3. The van der Waals surface area contributed by atoms with Crippen LogP contribution in [0.5, 0.6) is 0 Å². The first-order chi connectivity index (χ1) is 59.5. The van der Waals surface area contributed by atoms with Crippen molar-refractivity contribution < 1.29 is 44.9 Å². The van der Waals surface area contributed by atoms with Gasteiger partial charge >= 0.3 is 17.1 Å². The number of aliphatic hydroxyl groups excluding tert-OH is 2. The van der Waals surface area contributed by atoms with Crippen LogP contribution in [0.2, 0.25) is 0 Å². The van der Waals surface area contributed by atoms with Gasteiger partial charge in [0.05, 0.1) is 77.5 Å². The van der Waals surface area contributed by atoms with Gasteiger partial charge < -0.3 is 15.3 Å². The van der Waals surface area contributed by atoms with E-state index in [1.54, 1.807) is 6.21 Å². The SMILES string of the molecule is CC(C)CCC[C@@H](C)[C@H]1CCC2C3/C(=N/Nc4ccc([N+](=O)[O-])cc4[N+](=O)[O-])C=C4C[C@@H](O)CC[C@]4(C)C3CC[C@@]21C.CC(C)CCC[C@@H](C)[C@H]1CCC2C3C(/C=N/Nc4ccc([N+](=O)[O-])cc4[N+](=O)[O-])=C4C[C@@H](O)CC[C@]4(C)C3CC[C@@]21C.CC(C)CCC[C@@H](C)[C@H]1CCC2C3C(CC[C@@]21C)[C@@]1(C)CCC=C[C@@]1(O)[C@@H]3/C=N/Nc1ccc([N+](=O)[O-])cc1[N+](=O)[O-]. The molecule has 27 heteroatoms. The summed E-state index contributed by atoms with van der Waals surface area (Å²) in [6, 6.07) is 10.7. The lowest BCUT2D eigenvalue weighted by molar-refractivity contribution is -0.393. The normalized spacial score (nSPS) is 36.1. The van der Waals surface area contributed by atoms with E-state index in [1.165, 1.54) is 169 Å². The number of nitrogens with one attached hydrogen (secondary N) is 3. The molecule has 0 aromatic heterocycles. The van der Waals surface area contributed by atoms with Crippen LogP contribution in [0.25, 0.3) is 0 Å². The summed E-state index contributed by atoms with van der Waals surface area (Å²) in [5.41, 5.74) is 11.0. The lowest BCUT2D eigenvalue weighted by Gasteiger charge is -2.58. The van der Waals surface area contributed by atoms with Crippen molar-refractivity contribution in [2.45, 2.75) is 308 Å². The summed E-state index contributed by atoms with van der Waals surface area (Å²) in [4.78, 5) is 64.9. The minimum Gasteiger partial charge on any atom is -0.393 e. The van der Waals surface area contributed by atoms with Gasteiger partial charge in [-0.1, -0.05) is 185 Å². The van der Waals surface area contributed by atoms with Crippen molar-refractivity contribution in [3.8, 4) is 0 Å². The van der Waals surface area contributed by atoms with Crippen molar-refractivity contribution in [2.75, 3.05) is 16.3 Å². The minimum atomic E-state index is -1.04. The monoisotopic (exact) mass is 1740 g/mol. The number of hydrogen-bond acceptors (Lipinski definition) is 21. The van der Waals surface area contributed by atoms with Gasteiger partial charge in [0.25, 0.3) is 17.1 Å².